The van der Waals surface area contributed by atoms with Gasteiger partial charge in [-0.2, -0.15) is 5.06 Å². The molecule has 0 aromatic heterocycles. The quantitative estimate of drug-likeness (QED) is 0.768. The second-order valence-corrected chi connectivity index (χ2v) is 5.05. The molecule has 0 saturated heterocycles. The molecule has 1 aromatic carbocycles. The number of amidine groups is 1. The molecule has 0 aliphatic carbocycles. The Morgan fingerprint density at radius 1 is 1.33 bits per heavy atom. The van der Waals surface area contributed by atoms with Crippen LogP contribution in [0.1, 0.15) is 36.7 Å². The molecule has 0 fully saturated rings. The van der Waals surface area contributed by atoms with Gasteiger partial charge in [-0.05, 0) is 32.9 Å². The number of fused-ring (bicyclic) bond motifs is 1. The molecule has 96 valence electrons. The molecule has 0 saturated carbocycles. The van der Waals surface area contributed by atoms with Gasteiger partial charge in [0.05, 0.1) is 23.8 Å². The SMILES string of the molecule is CON1C(=O)c2cccc(F)c2C1=NC(C)(C)C. The number of aliphatic imine (C=N–C) groups is 1. The van der Waals surface area contributed by atoms with E-state index in [0.717, 1.165) is 5.06 Å². The normalized spacial score (nSPS) is 17.5. The Labute approximate surface area is 105 Å². The van der Waals surface area contributed by atoms with Gasteiger partial charge in [0.15, 0.2) is 5.84 Å². The lowest BCUT2D eigenvalue weighted by Crippen LogP contribution is -2.31. The van der Waals surface area contributed by atoms with Crippen molar-refractivity contribution in [2.45, 2.75) is 26.3 Å². The van der Waals surface area contributed by atoms with Crippen molar-refractivity contribution < 1.29 is 14.0 Å². The molecule has 0 spiro atoms. The number of carbonyl (C=O) groups is 1. The first-order chi connectivity index (χ1) is 8.35. The maximum atomic E-state index is 13.9. The molecule has 0 bridgehead atoms. The second kappa shape index (κ2) is 4.17. The maximum absolute atomic E-state index is 13.9. The second-order valence-electron chi connectivity index (χ2n) is 5.05. The lowest BCUT2D eigenvalue weighted by atomic mass is 10.1. The molecule has 2 rings (SSSR count). The smallest absolute Gasteiger partial charge is 0.268 e. The highest BCUT2D eigenvalue weighted by Gasteiger charge is 2.37. The Balaban J connectivity index is 2.67. The molecule has 1 amide bonds. The summed E-state index contributed by atoms with van der Waals surface area (Å²) in [4.78, 5) is 21.4. The van der Waals surface area contributed by atoms with Gasteiger partial charge in [0.25, 0.3) is 5.91 Å². The van der Waals surface area contributed by atoms with Gasteiger partial charge in [-0.25, -0.2) is 4.39 Å². The van der Waals surface area contributed by atoms with E-state index in [2.05, 4.69) is 4.99 Å². The zero-order valence-electron chi connectivity index (χ0n) is 10.8. The van der Waals surface area contributed by atoms with E-state index in [1.54, 1.807) is 6.07 Å². The molecular weight excluding hydrogens is 235 g/mol. The molecular formula is C13H15FN2O2. The van der Waals surface area contributed by atoms with E-state index in [4.69, 9.17) is 4.84 Å². The first kappa shape index (κ1) is 12.7. The summed E-state index contributed by atoms with van der Waals surface area (Å²) in [5.41, 5.74) is 0.0511. The zero-order valence-corrected chi connectivity index (χ0v) is 10.8. The van der Waals surface area contributed by atoms with Crippen LogP contribution in [0.5, 0.6) is 0 Å². The Kier molecular flexibility index (Phi) is 2.94. The van der Waals surface area contributed by atoms with E-state index >= 15 is 0 Å². The third-order valence-electron chi connectivity index (χ3n) is 2.47. The minimum absolute atomic E-state index is 0.208. The molecule has 5 heteroatoms. The van der Waals surface area contributed by atoms with Gasteiger partial charge in [-0.3, -0.25) is 14.6 Å². The third-order valence-corrected chi connectivity index (χ3v) is 2.47. The fourth-order valence-electron chi connectivity index (χ4n) is 1.83. The Hall–Kier alpha value is -1.75. The molecule has 0 N–H and O–H groups in total. The van der Waals surface area contributed by atoms with Crippen LogP contribution >= 0.6 is 0 Å². The van der Waals surface area contributed by atoms with Crippen LogP contribution in [0.2, 0.25) is 0 Å². The van der Waals surface area contributed by atoms with Gasteiger partial charge in [0, 0.05) is 0 Å². The minimum atomic E-state index is -0.469. The van der Waals surface area contributed by atoms with Crippen molar-refractivity contribution in [3.8, 4) is 0 Å². The average Bonchev–Trinajstić information content (AvgIpc) is 2.51. The summed E-state index contributed by atoms with van der Waals surface area (Å²) < 4.78 is 13.9. The molecule has 18 heavy (non-hydrogen) atoms. The number of benzene rings is 1. The lowest BCUT2D eigenvalue weighted by molar-refractivity contribution is -0.0375. The first-order valence-electron chi connectivity index (χ1n) is 5.62. The van der Waals surface area contributed by atoms with Crippen molar-refractivity contribution >= 4 is 11.7 Å². The molecule has 1 heterocycles. The van der Waals surface area contributed by atoms with Gasteiger partial charge in [0.1, 0.15) is 5.82 Å². The van der Waals surface area contributed by atoms with Crippen LogP contribution in [0.4, 0.5) is 4.39 Å². The van der Waals surface area contributed by atoms with Crippen LogP contribution in [0.3, 0.4) is 0 Å². The number of hydrogen-bond acceptors (Lipinski definition) is 3. The molecule has 1 aromatic rings. The lowest BCUT2D eigenvalue weighted by Gasteiger charge is -2.19. The molecule has 1 aliphatic heterocycles. The van der Waals surface area contributed by atoms with E-state index in [0.29, 0.717) is 0 Å². The number of hydrogen-bond donors (Lipinski definition) is 0. The predicted octanol–water partition coefficient (Wildman–Crippen LogP) is 2.39. The van der Waals surface area contributed by atoms with Gasteiger partial charge < -0.3 is 0 Å². The van der Waals surface area contributed by atoms with Crippen molar-refractivity contribution in [1.29, 1.82) is 0 Å². The van der Waals surface area contributed by atoms with Gasteiger partial charge in [-0.1, -0.05) is 6.07 Å². The molecule has 1 aliphatic rings. The highest BCUT2D eigenvalue weighted by molar-refractivity contribution is 6.22. The van der Waals surface area contributed by atoms with Crippen LogP contribution in [0, 0.1) is 5.82 Å². The standard InChI is InChI=1S/C13H15FN2O2/c1-13(2,3)15-11-10-8(6-5-7-9(10)14)12(17)16(11)18-4/h5-7H,1-4H3. The Bertz CT molecular complexity index is 532. The van der Waals surface area contributed by atoms with Gasteiger partial charge in [-0.15, -0.1) is 0 Å². The number of halogens is 1. The summed E-state index contributed by atoms with van der Waals surface area (Å²) in [6.45, 7) is 5.62. The summed E-state index contributed by atoms with van der Waals surface area (Å²) in [5, 5.41) is 1.03. The van der Waals surface area contributed by atoms with Crippen LogP contribution in [0.25, 0.3) is 0 Å². The topological polar surface area (TPSA) is 41.9 Å². The zero-order chi connectivity index (χ0) is 13.5. The van der Waals surface area contributed by atoms with Crippen molar-refractivity contribution in [3.05, 3.63) is 35.1 Å². The van der Waals surface area contributed by atoms with Crippen molar-refractivity contribution in [3.63, 3.8) is 0 Å². The van der Waals surface area contributed by atoms with E-state index in [1.165, 1.54) is 19.2 Å². The third kappa shape index (κ3) is 2.01. The fraction of sp³-hybridized carbons (Fsp3) is 0.385. The minimum Gasteiger partial charge on any atom is -0.268 e. The summed E-state index contributed by atoms with van der Waals surface area (Å²) in [7, 11) is 1.36. The first-order valence-corrected chi connectivity index (χ1v) is 5.62. The van der Waals surface area contributed by atoms with Crippen LogP contribution in [-0.4, -0.2) is 29.5 Å². The van der Waals surface area contributed by atoms with Crippen molar-refractivity contribution in [2.75, 3.05) is 7.11 Å². The number of rotatable bonds is 1. The van der Waals surface area contributed by atoms with Crippen LogP contribution in [0.15, 0.2) is 23.2 Å². The summed E-state index contributed by atoms with van der Waals surface area (Å²) in [5.74, 6) is -0.637. The largest absolute Gasteiger partial charge is 0.284 e. The number of nitrogens with zero attached hydrogens (tertiary/aromatic N) is 2. The highest BCUT2D eigenvalue weighted by Crippen LogP contribution is 2.27. The van der Waals surface area contributed by atoms with Crippen molar-refractivity contribution in [2.24, 2.45) is 4.99 Å². The van der Waals surface area contributed by atoms with Gasteiger partial charge in [0.2, 0.25) is 0 Å². The maximum Gasteiger partial charge on any atom is 0.284 e. The molecule has 0 radical (unpaired) electrons. The number of amides is 1. The highest BCUT2D eigenvalue weighted by atomic mass is 19.1. The van der Waals surface area contributed by atoms with E-state index in [-0.39, 0.29) is 17.0 Å². The summed E-state index contributed by atoms with van der Waals surface area (Å²) in [6.07, 6.45) is 0. The molecule has 0 unspecified atom stereocenters. The molecule has 0 atom stereocenters. The van der Waals surface area contributed by atoms with Crippen LogP contribution < -0.4 is 0 Å². The average molecular weight is 250 g/mol. The van der Waals surface area contributed by atoms with E-state index < -0.39 is 17.3 Å². The fourth-order valence-corrected chi connectivity index (χ4v) is 1.83. The van der Waals surface area contributed by atoms with Gasteiger partial charge >= 0.3 is 0 Å². The predicted molar refractivity (Wildman–Crippen MR) is 65.9 cm³/mol. The Morgan fingerprint density at radius 3 is 2.56 bits per heavy atom. The van der Waals surface area contributed by atoms with E-state index in [9.17, 15) is 9.18 Å². The molecule has 4 nitrogen and oxygen atoms in total. The van der Waals surface area contributed by atoms with Crippen molar-refractivity contribution in [1.82, 2.24) is 5.06 Å². The van der Waals surface area contributed by atoms with Crippen LogP contribution in [-0.2, 0) is 4.84 Å². The Morgan fingerprint density at radius 2 is 2.00 bits per heavy atom. The monoisotopic (exact) mass is 250 g/mol. The number of carbonyl (C=O) groups excluding carboxylic acids is 1. The summed E-state index contributed by atoms with van der Waals surface area (Å²) >= 11 is 0. The van der Waals surface area contributed by atoms with E-state index in [1.807, 2.05) is 20.8 Å². The summed E-state index contributed by atoms with van der Waals surface area (Å²) in [6, 6.07) is 4.38. The number of hydroxylamine groups is 2.